The monoisotopic (exact) mass is 607 g/mol. The number of rotatable bonds is 11. The van der Waals surface area contributed by atoms with E-state index in [4.69, 9.17) is 11.6 Å². The Labute approximate surface area is 250 Å². The van der Waals surface area contributed by atoms with Crippen LogP contribution in [0.3, 0.4) is 0 Å². The van der Waals surface area contributed by atoms with Crippen LogP contribution in [0.1, 0.15) is 16.7 Å². The molecule has 0 saturated carbocycles. The highest BCUT2D eigenvalue weighted by Crippen LogP contribution is 2.31. The Hall–Kier alpha value is -4.21. The van der Waals surface area contributed by atoms with Crippen LogP contribution < -0.4 is 9.62 Å². The summed E-state index contributed by atoms with van der Waals surface area (Å²) in [6, 6.07) is 26.4. The molecule has 0 radical (unpaired) electrons. The number of nitrogens with one attached hydrogen (secondary N) is 1. The second kappa shape index (κ2) is 13.6. The molecule has 4 rings (SSSR count). The summed E-state index contributed by atoms with van der Waals surface area (Å²) in [5, 5.41) is 2.76. The topological polar surface area (TPSA) is 86.8 Å². The fraction of sp³-hybridized carbons (Fsp3) is 0.188. The van der Waals surface area contributed by atoms with Crippen molar-refractivity contribution in [2.75, 3.05) is 17.9 Å². The number of benzene rings is 4. The van der Waals surface area contributed by atoms with Crippen molar-refractivity contribution in [2.24, 2.45) is 0 Å². The number of sulfonamides is 1. The van der Waals surface area contributed by atoms with Crippen molar-refractivity contribution < 1.29 is 22.4 Å². The highest BCUT2D eigenvalue weighted by Gasteiger charge is 2.35. The van der Waals surface area contributed by atoms with Gasteiger partial charge in [0.1, 0.15) is 18.4 Å². The molecular weight excluding hydrogens is 577 g/mol. The minimum absolute atomic E-state index is 0.0157. The van der Waals surface area contributed by atoms with Gasteiger partial charge in [-0.2, -0.15) is 0 Å². The molecule has 0 fully saturated rings. The van der Waals surface area contributed by atoms with Gasteiger partial charge in [0.05, 0.1) is 15.6 Å². The Morgan fingerprint density at radius 2 is 1.48 bits per heavy atom. The van der Waals surface area contributed by atoms with Gasteiger partial charge in [-0.05, 0) is 54.4 Å². The van der Waals surface area contributed by atoms with Gasteiger partial charge in [0.15, 0.2) is 0 Å². The highest BCUT2D eigenvalue weighted by molar-refractivity contribution is 7.92. The molecule has 2 amide bonds. The number of hydrogen-bond donors (Lipinski definition) is 1. The lowest BCUT2D eigenvalue weighted by Crippen LogP contribution is -2.53. The normalized spacial score (nSPS) is 11.9. The van der Waals surface area contributed by atoms with Crippen LogP contribution in [-0.2, 0) is 32.6 Å². The van der Waals surface area contributed by atoms with E-state index in [0.717, 1.165) is 15.4 Å². The summed E-state index contributed by atoms with van der Waals surface area (Å²) in [6.45, 7) is 1.14. The number of halogens is 2. The quantitative estimate of drug-likeness (QED) is 0.248. The Kier molecular flexibility index (Phi) is 9.98. The number of para-hydroxylation sites is 1. The lowest BCUT2D eigenvalue weighted by Gasteiger charge is -2.33. The highest BCUT2D eigenvalue weighted by atomic mass is 35.5. The third-order valence-electron chi connectivity index (χ3n) is 6.79. The first-order valence-electron chi connectivity index (χ1n) is 13.2. The first-order valence-corrected chi connectivity index (χ1v) is 15.1. The van der Waals surface area contributed by atoms with Gasteiger partial charge >= 0.3 is 0 Å². The summed E-state index contributed by atoms with van der Waals surface area (Å²) in [6.07, 6.45) is 0.171. The number of carbonyl (C=O) groups excluding carboxylic acids is 2. The van der Waals surface area contributed by atoms with Crippen LogP contribution in [0.25, 0.3) is 0 Å². The van der Waals surface area contributed by atoms with Crippen LogP contribution in [0, 0.1) is 12.7 Å². The Morgan fingerprint density at radius 1 is 0.857 bits per heavy atom. The lowest BCUT2D eigenvalue weighted by atomic mass is 10.0. The van der Waals surface area contributed by atoms with E-state index in [1.165, 1.54) is 60.5 Å². The van der Waals surface area contributed by atoms with Gasteiger partial charge in [0.25, 0.3) is 10.0 Å². The predicted molar refractivity (Wildman–Crippen MR) is 162 cm³/mol. The number of hydrogen-bond acceptors (Lipinski definition) is 4. The average molecular weight is 608 g/mol. The Morgan fingerprint density at radius 3 is 2.10 bits per heavy atom. The Balaban J connectivity index is 1.79. The molecule has 4 aromatic rings. The number of amides is 2. The summed E-state index contributed by atoms with van der Waals surface area (Å²) < 4.78 is 42.6. The van der Waals surface area contributed by atoms with Crippen LogP contribution in [0.4, 0.5) is 10.1 Å². The second-order valence-corrected chi connectivity index (χ2v) is 12.0. The van der Waals surface area contributed by atoms with Gasteiger partial charge in [0.2, 0.25) is 11.8 Å². The van der Waals surface area contributed by atoms with Crippen molar-refractivity contribution in [3.8, 4) is 0 Å². The van der Waals surface area contributed by atoms with Crippen molar-refractivity contribution in [3.05, 3.63) is 131 Å². The van der Waals surface area contributed by atoms with Crippen molar-refractivity contribution in [3.63, 3.8) is 0 Å². The molecule has 1 atom stereocenters. The van der Waals surface area contributed by atoms with Crippen LogP contribution >= 0.6 is 11.6 Å². The summed E-state index contributed by atoms with van der Waals surface area (Å²) in [5.41, 5.74) is 2.36. The summed E-state index contributed by atoms with van der Waals surface area (Å²) in [5.74, 6) is -1.52. The molecule has 0 spiro atoms. The van der Waals surface area contributed by atoms with E-state index in [2.05, 4.69) is 5.32 Å². The van der Waals surface area contributed by atoms with Crippen LogP contribution in [-0.4, -0.2) is 44.8 Å². The minimum atomic E-state index is -4.26. The standard InChI is InChI=1S/C32H31ClFN3O4S/c1-23-12-18-27(19-13-23)42(40,41)37(29-11-7-6-10-28(29)33)22-31(38)36(21-25-14-16-26(34)17-15-25)30(32(39)35-2)20-24-8-4-3-5-9-24/h3-19,30H,20-22H2,1-2H3,(H,35,39)/t30-/m0/s1. The third kappa shape index (κ3) is 7.35. The van der Waals surface area contributed by atoms with Gasteiger partial charge in [-0.3, -0.25) is 13.9 Å². The summed E-state index contributed by atoms with van der Waals surface area (Å²) in [7, 11) is -2.79. The maximum Gasteiger partial charge on any atom is 0.264 e. The fourth-order valence-corrected chi connectivity index (χ4v) is 6.23. The largest absolute Gasteiger partial charge is 0.357 e. The molecule has 0 heterocycles. The summed E-state index contributed by atoms with van der Waals surface area (Å²) >= 11 is 6.46. The number of aryl methyl sites for hydroxylation is 1. The summed E-state index contributed by atoms with van der Waals surface area (Å²) in [4.78, 5) is 28.8. The molecule has 0 aliphatic rings. The van der Waals surface area contributed by atoms with Crippen LogP contribution in [0.5, 0.6) is 0 Å². The van der Waals surface area contributed by atoms with E-state index < -0.39 is 40.2 Å². The van der Waals surface area contributed by atoms with Crippen LogP contribution in [0.15, 0.2) is 108 Å². The molecule has 10 heteroatoms. The van der Waals surface area contributed by atoms with E-state index in [-0.39, 0.29) is 28.6 Å². The van der Waals surface area contributed by atoms with Gasteiger partial charge in [-0.25, -0.2) is 12.8 Å². The van der Waals surface area contributed by atoms with E-state index in [9.17, 15) is 22.4 Å². The number of likely N-dealkylation sites (N-methyl/N-ethyl adjacent to an activating group) is 1. The first kappa shape index (κ1) is 30.7. The van der Waals surface area contributed by atoms with Crippen molar-refractivity contribution >= 4 is 39.1 Å². The van der Waals surface area contributed by atoms with Crippen molar-refractivity contribution in [2.45, 2.75) is 30.8 Å². The van der Waals surface area contributed by atoms with E-state index >= 15 is 0 Å². The molecule has 1 N–H and O–H groups in total. The van der Waals surface area contributed by atoms with Gasteiger partial charge in [0, 0.05) is 20.0 Å². The van der Waals surface area contributed by atoms with E-state index in [1.54, 1.807) is 24.3 Å². The zero-order chi connectivity index (χ0) is 30.3. The molecular formula is C32H31ClFN3O4S. The molecule has 4 aromatic carbocycles. The molecule has 0 saturated heterocycles. The molecule has 218 valence electrons. The third-order valence-corrected chi connectivity index (χ3v) is 8.89. The molecule has 0 aliphatic heterocycles. The fourth-order valence-electron chi connectivity index (χ4n) is 4.51. The molecule has 0 aliphatic carbocycles. The number of nitrogens with zero attached hydrogens (tertiary/aromatic N) is 2. The van der Waals surface area contributed by atoms with Crippen molar-refractivity contribution in [1.29, 1.82) is 0 Å². The molecule has 0 unspecified atom stereocenters. The predicted octanol–water partition coefficient (Wildman–Crippen LogP) is 5.37. The van der Waals surface area contributed by atoms with Gasteiger partial charge in [-0.15, -0.1) is 0 Å². The maximum atomic E-state index is 14.2. The maximum absolute atomic E-state index is 14.2. The van der Waals surface area contributed by atoms with Crippen LogP contribution in [0.2, 0.25) is 5.02 Å². The zero-order valence-corrected chi connectivity index (χ0v) is 24.8. The molecule has 7 nitrogen and oxygen atoms in total. The SMILES string of the molecule is CNC(=O)[C@H](Cc1ccccc1)N(Cc1ccc(F)cc1)C(=O)CN(c1ccccc1Cl)S(=O)(=O)c1ccc(C)cc1. The Bertz CT molecular complexity index is 1630. The number of anilines is 1. The van der Waals surface area contributed by atoms with Gasteiger partial charge < -0.3 is 10.2 Å². The van der Waals surface area contributed by atoms with Crippen molar-refractivity contribution in [1.82, 2.24) is 10.2 Å². The molecule has 42 heavy (non-hydrogen) atoms. The van der Waals surface area contributed by atoms with E-state index in [1.807, 2.05) is 37.3 Å². The van der Waals surface area contributed by atoms with Gasteiger partial charge in [-0.1, -0.05) is 83.9 Å². The molecule has 0 aromatic heterocycles. The lowest BCUT2D eigenvalue weighted by molar-refractivity contribution is -0.139. The molecule has 0 bridgehead atoms. The van der Waals surface area contributed by atoms with E-state index in [0.29, 0.717) is 5.56 Å². The number of carbonyl (C=O) groups is 2. The average Bonchev–Trinajstić information content (AvgIpc) is 2.99. The first-order chi connectivity index (χ1) is 20.1. The second-order valence-electron chi connectivity index (χ2n) is 9.74. The zero-order valence-electron chi connectivity index (χ0n) is 23.2. The minimum Gasteiger partial charge on any atom is -0.357 e. The smallest absolute Gasteiger partial charge is 0.264 e.